The van der Waals surface area contributed by atoms with E-state index < -0.39 is 0 Å². The Kier molecular flexibility index (Phi) is 6.51. The van der Waals surface area contributed by atoms with Crippen molar-refractivity contribution in [1.29, 1.82) is 0 Å². The van der Waals surface area contributed by atoms with Crippen LogP contribution < -0.4 is 20.7 Å². The Morgan fingerprint density at radius 2 is 1.97 bits per heavy atom. The highest BCUT2D eigenvalue weighted by molar-refractivity contribution is 6.11. The van der Waals surface area contributed by atoms with Gasteiger partial charge in [0.2, 0.25) is 0 Å². The summed E-state index contributed by atoms with van der Waals surface area (Å²) in [6.45, 7) is 6.22. The van der Waals surface area contributed by atoms with Crippen molar-refractivity contribution in [3.8, 4) is 11.8 Å². The van der Waals surface area contributed by atoms with E-state index in [2.05, 4.69) is 46.3 Å². The van der Waals surface area contributed by atoms with E-state index in [1.54, 1.807) is 18.6 Å². The summed E-state index contributed by atoms with van der Waals surface area (Å²) in [5.41, 5.74) is 11.2. The highest BCUT2D eigenvalue weighted by Gasteiger charge is 2.26. The van der Waals surface area contributed by atoms with Gasteiger partial charge in [0.25, 0.3) is 0 Å². The molecule has 3 heterocycles. The number of hydrogen-bond acceptors (Lipinski definition) is 7. The lowest BCUT2D eigenvalue weighted by atomic mass is 9.92. The molecule has 0 bridgehead atoms. The molecule has 1 saturated heterocycles. The van der Waals surface area contributed by atoms with E-state index >= 15 is 0 Å². The van der Waals surface area contributed by atoms with Gasteiger partial charge < -0.3 is 20.7 Å². The molecular weight excluding hydrogens is 388 g/mol. The average Bonchev–Trinajstić information content (AvgIpc) is 2.80. The molecule has 4 rings (SSSR count). The lowest BCUT2D eigenvalue weighted by Crippen LogP contribution is -2.33. The molecule has 1 aromatic carbocycles. The maximum atomic E-state index is 6.30. The maximum absolute atomic E-state index is 6.30. The number of hydrogen-bond donors (Lipinski definition) is 2. The Hall–Kier alpha value is -2.93. The lowest BCUT2D eigenvalue weighted by molar-refractivity contribution is 0.430. The van der Waals surface area contributed by atoms with Gasteiger partial charge in [0.05, 0.1) is 6.04 Å². The van der Waals surface area contributed by atoms with Crippen LogP contribution in [0.1, 0.15) is 42.9 Å². The number of aryl methyl sites for hydroxylation is 1. The number of ether oxygens (including phenoxy) is 1. The van der Waals surface area contributed by atoms with Gasteiger partial charge in [-0.1, -0.05) is 0 Å². The fourth-order valence-corrected chi connectivity index (χ4v) is 4.19. The van der Waals surface area contributed by atoms with E-state index in [1.165, 1.54) is 5.69 Å². The quantitative estimate of drug-likeness (QED) is 0.720. The highest BCUT2D eigenvalue weighted by Crippen LogP contribution is 2.41. The van der Waals surface area contributed by atoms with E-state index in [0.29, 0.717) is 18.1 Å². The molecule has 31 heavy (non-hydrogen) atoms. The van der Waals surface area contributed by atoms with Crippen molar-refractivity contribution in [3.63, 3.8) is 0 Å². The number of nitrogens with zero attached hydrogens (tertiary/aromatic N) is 4. The third-order valence-electron chi connectivity index (χ3n) is 6.26. The van der Waals surface area contributed by atoms with Gasteiger partial charge in [-0.3, -0.25) is 4.99 Å². The number of rotatable bonds is 5. The van der Waals surface area contributed by atoms with Gasteiger partial charge in [-0.25, -0.2) is 9.97 Å². The van der Waals surface area contributed by atoms with Crippen LogP contribution >= 0.6 is 0 Å². The van der Waals surface area contributed by atoms with Gasteiger partial charge in [-0.05, 0) is 70.3 Å². The summed E-state index contributed by atoms with van der Waals surface area (Å²) in [4.78, 5) is 15.9. The van der Waals surface area contributed by atoms with Crippen LogP contribution in [-0.2, 0) is 6.42 Å². The predicted octanol–water partition coefficient (Wildman–Crippen LogP) is 3.47. The number of aliphatic imine (C=N–C) groups is 1. The van der Waals surface area contributed by atoms with Crippen LogP contribution in [0.2, 0.25) is 0 Å². The van der Waals surface area contributed by atoms with Crippen LogP contribution in [0.4, 0.5) is 5.69 Å². The minimum atomic E-state index is 0.325. The number of nitrogens with one attached hydrogen (secondary N) is 1. The second-order valence-corrected chi connectivity index (χ2v) is 8.46. The molecule has 1 aromatic heterocycles. The van der Waals surface area contributed by atoms with Gasteiger partial charge in [-0.15, -0.1) is 0 Å². The fraction of sp³-hybridized carbons (Fsp3) is 0.458. The Morgan fingerprint density at radius 1 is 1.23 bits per heavy atom. The summed E-state index contributed by atoms with van der Waals surface area (Å²) in [6.07, 6.45) is 11.1. The van der Waals surface area contributed by atoms with Crippen molar-refractivity contribution < 1.29 is 4.74 Å². The lowest BCUT2D eigenvalue weighted by Gasteiger charge is -2.35. The molecule has 7 nitrogen and oxygen atoms in total. The molecule has 0 amide bonds. The molecule has 3 N–H and O–H groups in total. The normalized spacial score (nSPS) is 20.2. The molecule has 0 aliphatic carbocycles. The maximum Gasteiger partial charge on any atom is 0.321 e. The highest BCUT2D eigenvalue weighted by atomic mass is 16.5. The van der Waals surface area contributed by atoms with Gasteiger partial charge in [-0.2, -0.15) is 0 Å². The van der Waals surface area contributed by atoms with Crippen molar-refractivity contribution in [2.24, 2.45) is 10.7 Å². The molecular formula is C24H32N6O. The summed E-state index contributed by atoms with van der Waals surface area (Å²) in [5, 5.41) is 3.38. The van der Waals surface area contributed by atoms with Crippen LogP contribution in [0, 0.1) is 6.92 Å². The SMILES string of the molecule is Cc1cnc(Oc2c(C(C=NC3CCNCC3)=CN)ccc3c2CCC(C)N3C)nc1. The van der Waals surface area contributed by atoms with Crippen molar-refractivity contribution in [2.75, 3.05) is 25.0 Å². The van der Waals surface area contributed by atoms with Crippen LogP contribution in [0.5, 0.6) is 11.8 Å². The monoisotopic (exact) mass is 420 g/mol. The average molecular weight is 421 g/mol. The third-order valence-corrected chi connectivity index (χ3v) is 6.26. The minimum Gasteiger partial charge on any atom is -0.423 e. The summed E-state index contributed by atoms with van der Waals surface area (Å²) in [6, 6.07) is 5.38. The number of aromatic nitrogens is 2. The first-order valence-corrected chi connectivity index (χ1v) is 11.1. The molecule has 2 aliphatic heterocycles. The summed E-state index contributed by atoms with van der Waals surface area (Å²) < 4.78 is 6.30. The van der Waals surface area contributed by atoms with Crippen LogP contribution in [0.3, 0.4) is 0 Å². The first kappa shape index (κ1) is 21.3. The Morgan fingerprint density at radius 3 is 2.68 bits per heavy atom. The van der Waals surface area contributed by atoms with Gasteiger partial charge in [0.1, 0.15) is 5.75 Å². The van der Waals surface area contributed by atoms with Gasteiger partial charge in [0.15, 0.2) is 0 Å². The van der Waals surface area contributed by atoms with Crippen molar-refractivity contribution in [3.05, 3.63) is 47.4 Å². The van der Waals surface area contributed by atoms with E-state index in [0.717, 1.165) is 66.8 Å². The molecule has 7 heteroatoms. The minimum absolute atomic E-state index is 0.325. The molecule has 0 radical (unpaired) electrons. The zero-order chi connectivity index (χ0) is 21.8. The van der Waals surface area contributed by atoms with Crippen molar-refractivity contribution >= 4 is 17.5 Å². The first-order valence-electron chi connectivity index (χ1n) is 11.1. The van der Waals surface area contributed by atoms with Gasteiger partial charge in [0, 0.05) is 60.3 Å². The third kappa shape index (κ3) is 4.71. The number of piperidine rings is 1. The summed E-state index contributed by atoms with van der Waals surface area (Å²) in [7, 11) is 2.13. The summed E-state index contributed by atoms with van der Waals surface area (Å²) >= 11 is 0. The predicted molar refractivity (Wildman–Crippen MR) is 126 cm³/mol. The second kappa shape index (κ2) is 9.47. The van der Waals surface area contributed by atoms with Crippen LogP contribution in [0.25, 0.3) is 5.57 Å². The zero-order valence-corrected chi connectivity index (χ0v) is 18.6. The standard InChI is InChI=1S/C24H32N6O/c1-16-13-28-24(29-14-16)31-23-20(6-7-22-21(23)5-4-17(2)30(22)3)18(12-25)15-27-19-8-10-26-11-9-19/h6-7,12-15,17,19,26H,4-5,8-11,25H2,1-3H3. The Bertz CT molecular complexity index is 963. The van der Waals surface area contributed by atoms with E-state index in [4.69, 9.17) is 15.5 Å². The Balaban J connectivity index is 1.73. The number of anilines is 1. The van der Waals surface area contributed by atoms with Crippen LogP contribution in [-0.4, -0.2) is 48.4 Å². The molecule has 0 saturated carbocycles. The number of fused-ring (bicyclic) bond motifs is 1. The zero-order valence-electron chi connectivity index (χ0n) is 18.6. The molecule has 2 aromatic rings. The molecule has 1 unspecified atom stereocenters. The topological polar surface area (TPSA) is 88.7 Å². The van der Waals surface area contributed by atoms with E-state index in [9.17, 15) is 0 Å². The van der Waals surface area contributed by atoms with Crippen LogP contribution in [0.15, 0.2) is 35.7 Å². The van der Waals surface area contributed by atoms with E-state index in [1.807, 2.05) is 13.1 Å². The molecule has 1 fully saturated rings. The number of allylic oxidation sites excluding steroid dienone is 1. The van der Waals surface area contributed by atoms with Crippen molar-refractivity contribution in [2.45, 2.75) is 51.6 Å². The molecule has 1 atom stereocenters. The molecule has 2 aliphatic rings. The molecule has 0 spiro atoms. The second-order valence-electron chi connectivity index (χ2n) is 8.46. The smallest absolute Gasteiger partial charge is 0.321 e. The number of nitrogens with two attached hydrogens (primary N) is 1. The first-order chi connectivity index (χ1) is 15.1. The summed E-state index contributed by atoms with van der Waals surface area (Å²) in [5.74, 6) is 0.772. The fourth-order valence-electron chi connectivity index (χ4n) is 4.19. The number of benzene rings is 1. The largest absolute Gasteiger partial charge is 0.423 e. The van der Waals surface area contributed by atoms with Gasteiger partial charge >= 0.3 is 6.01 Å². The van der Waals surface area contributed by atoms with Crippen molar-refractivity contribution in [1.82, 2.24) is 15.3 Å². The molecule has 164 valence electrons. The Labute approximate surface area is 184 Å². The van der Waals surface area contributed by atoms with E-state index in [-0.39, 0.29) is 0 Å².